The predicted octanol–water partition coefficient (Wildman–Crippen LogP) is 0.854. The van der Waals surface area contributed by atoms with E-state index in [0.29, 0.717) is 0 Å². The molecule has 13 heavy (non-hydrogen) atoms. The molecule has 2 atom stereocenters. The number of aliphatic hydroxyl groups is 2. The third kappa shape index (κ3) is 2.62. The molecule has 0 bridgehead atoms. The average Bonchev–Trinajstić information content (AvgIpc) is 2.15. The van der Waals surface area contributed by atoms with Crippen molar-refractivity contribution in [2.75, 3.05) is 5.88 Å². The standard InChI is InChI=1S/C8H9ClFNO2/c9-4-6(12)8(13)5-2-1-3-7(10)11-5/h1-3,6,8,12-13H,4H2. The van der Waals surface area contributed by atoms with Crippen LogP contribution in [0.25, 0.3) is 0 Å². The van der Waals surface area contributed by atoms with Gasteiger partial charge in [0.1, 0.15) is 6.10 Å². The van der Waals surface area contributed by atoms with Crippen molar-refractivity contribution in [1.29, 1.82) is 0 Å². The molecule has 3 nitrogen and oxygen atoms in total. The van der Waals surface area contributed by atoms with Gasteiger partial charge >= 0.3 is 0 Å². The van der Waals surface area contributed by atoms with E-state index in [4.69, 9.17) is 16.7 Å². The van der Waals surface area contributed by atoms with Gasteiger partial charge in [-0.1, -0.05) is 6.07 Å². The number of rotatable bonds is 3. The summed E-state index contributed by atoms with van der Waals surface area (Å²) in [6.45, 7) is 0. The highest BCUT2D eigenvalue weighted by Crippen LogP contribution is 2.15. The normalized spacial score (nSPS) is 15.4. The third-order valence-corrected chi connectivity index (χ3v) is 1.88. The second-order valence-corrected chi connectivity index (χ2v) is 2.86. The van der Waals surface area contributed by atoms with Gasteiger partial charge < -0.3 is 10.2 Å². The van der Waals surface area contributed by atoms with E-state index in [1.54, 1.807) is 0 Å². The highest BCUT2D eigenvalue weighted by Gasteiger charge is 2.18. The quantitative estimate of drug-likeness (QED) is 0.568. The number of aromatic nitrogens is 1. The summed E-state index contributed by atoms with van der Waals surface area (Å²) in [6.07, 6.45) is -2.37. The molecule has 0 aromatic carbocycles. The number of alkyl halides is 1. The van der Waals surface area contributed by atoms with Crippen molar-refractivity contribution < 1.29 is 14.6 Å². The van der Waals surface area contributed by atoms with E-state index in [0.717, 1.165) is 6.07 Å². The van der Waals surface area contributed by atoms with Crippen LogP contribution < -0.4 is 0 Å². The molecule has 0 saturated carbocycles. The molecule has 2 unspecified atom stereocenters. The lowest BCUT2D eigenvalue weighted by molar-refractivity contribution is 0.0295. The van der Waals surface area contributed by atoms with Crippen LogP contribution in [0.1, 0.15) is 11.8 Å². The van der Waals surface area contributed by atoms with E-state index in [9.17, 15) is 9.50 Å². The fourth-order valence-corrected chi connectivity index (χ4v) is 1.04. The smallest absolute Gasteiger partial charge is 0.213 e. The summed E-state index contributed by atoms with van der Waals surface area (Å²) in [7, 11) is 0. The van der Waals surface area contributed by atoms with Crippen LogP contribution in [0.5, 0.6) is 0 Å². The maximum atomic E-state index is 12.6. The molecule has 0 spiro atoms. The molecule has 5 heteroatoms. The highest BCUT2D eigenvalue weighted by atomic mass is 35.5. The van der Waals surface area contributed by atoms with E-state index in [1.165, 1.54) is 12.1 Å². The first-order chi connectivity index (χ1) is 6.15. The number of hydrogen-bond acceptors (Lipinski definition) is 3. The summed E-state index contributed by atoms with van der Waals surface area (Å²) >= 11 is 5.31. The Morgan fingerprint density at radius 3 is 2.69 bits per heavy atom. The first kappa shape index (κ1) is 10.4. The second-order valence-electron chi connectivity index (χ2n) is 2.55. The maximum absolute atomic E-state index is 12.6. The number of halogens is 2. The molecule has 0 aliphatic rings. The number of aliphatic hydroxyl groups excluding tert-OH is 2. The molecular formula is C8H9ClFNO2. The van der Waals surface area contributed by atoms with Gasteiger partial charge in [0.25, 0.3) is 0 Å². The van der Waals surface area contributed by atoms with Crippen molar-refractivity contribution in [3.63, 3.8) is 0 Å². The third-order valence-electron chi connectivity index (χ3n) is 1.56. The first-order valence-electron chi connectivity index (χ1n) is 3.69. The van der Waals surface area contributed by atoms with Gasteiger partial charge in [0.15, 0.2) is 0 Å². The summed E-state index contributed by atoms with van der Waals surface area (Å²) in [6, 6.07) is 3.98. The Morgan fingerprint density at radius 1 is 1.46 bits per heavy atom. The van der Waals surface area contributed by atoms with Crippen LogP contribution in [0.3, 0.4) is 0 Å². The lowest BCUT2D eigenvalue weighted by Crippen LogP contribution is -2.20. The molecule has 1 aromatic rings. The molecule has 1 heterocycles. The minimum Gasteiger partial charge on any atom is -0.389 e. The van der Waals surface area contributed by atoms with Gasteiger partial charge in [0.2, 0.25) is 5.95 Å². The molecule has 72 valence electrons. The van der Waals surface area contributed by atoms with Crippen LogP contribution in [0.2, 0.25) is 0 Å². The fraction of sp³-hybridized carbons (Fsp3) is 0.375. The first-order valence-corrected chi connectivity index (χ1v) is 4.23. The van der Waals surface area contributed by atoms with Gasteiger partial charge in [-0.3, -0.25) is 0 Å². The molecule has 0 aliphatic heterocycles. The Kier molecular flexibility index (Phi) is 3.59. The zero-order chi connectivity index (χ0) is 9.84. The minimum atomic E-state index is -1.24. The SMILES string of the molecule is OC(CCl)C(O)c1cccc(F)n1. The van der Waals surface area contributed by atoms with Crippen LogP contribution in [-0.2, 0) is 0 Å². The lowest BCUT2D eigenvalue weighted by atomic mass is 10.1. The van der Waals surface area contributed by atoms with Gasteiger partial charge in [-0.25, -0.2) is 4.98 Å². The summed E-state index contributed by atoms with van der Waals surface area (Å²) in [5.74, 6) is -0.822. The predicted molar refractivity (Wildman–Crippen MR) is 45.9 cm³/mol. The van der Waals surface area contributed by atoms with E-state index in [-0.39, 0.29) is 11.6 Å². The van der Waals surface area contributed by atoms with Crippen LogP contribution in [0.15, 0.2) is 18.2 Å². The van der Waals surface area contributed by atoms with Crippen molar-refractivity contribution in [1.82, 2.24) is 4.98 Å². The fourth-order valence-electron chi connectivity index (χ4n) is 0.870. The molecule has 0 aliphatic carbocycles. The monoisotopic (exact) mass is 205 g/mol. The van der Waals surface area contributed by atoms with E-state index < -0.39 is 18.2 Å². The topological polar surface area (TPSA) is 53.4 Å². The zero-order valence-corrected chi connectivity index (χ0v) is 7.45. The lowest BCUT2D eigenvalue weighted by Gasteiger charge is -2.14. The Hall–Kier alpha value is -0.710. The number of pyridine rings is 1. The molecule has 0 amide bonds. The van der Waals surface area contributed by atoms with Gasteiger partial charge in [-0.15, -0.1) is 11.6 Å². The Balaban J connectivity index is 2.82. The second kappa shape index (κ2) is 4.50. The molecule has 0 saturated heterocycles. The van der Waals surface area contributed by atoms with Gasteiger partial charge in [-0.2, -0.15) is 4.39 Å². The minimum absolute atomic E-state index is 0.0770. The van der Waals surface area contributed by atoms with E-state index in [1.807, 2.05) is 0 Å². The summed E-state index contributed by atoms with van der Waals surface area (Å²) in [5.41, 5.74) is 0.0770. The molecular weight excluding hydrogens is 197 g/mol. The van der Waals surface area contributed by atoms with E-state index in [2.05, 4.69) is 4.98 Å². The van der Waals surface area contributed by atoms with E-state index >= 15 is 0 Å². The Labute approximate surface area is 79.8 Å². The largest absolute Gasteiger partial charge is 0.389 e. The van der Waals surface area contributed by atoms with Crippen LogP contribution >= 0.6 is 11.6 Å². The summed E-state index contributed by atoms with van der Waals surface area (Å²) in [4.78, 5) is 3.41. The molecule has 0 fully saturated rings. The summed E-state index contributed by atoms with van der Waals surface area (Å²) in [5, 5.41) is 18.5. The number of hydrogen-bond donors (Lipinski definition) is 2. The Morgan fingerprint density at radius 2 is 2.15 bits per heavy atom. The highest BCUT2D eigenvalue weighted by molar-refractivity contribution is 6.18. The van der Waals surface area contributed by atoms with Crippen molar-refractivity contribution in [2.45, 2.75) is 12.2 Å². The van der Waals surface area contributed by atoms with Crippen LogP contribution in [0.4, 0.5) is 4.39 Å². The van der Waals surface area contributed by atoms with Crippen molar-refractivity contribution in [2.24, 2.45) is 0 Å². The van der Waals surface area contributed by atoms with Gasteiger partial charge in [0.05, 0.1) is 17.7 Å². The molecule has 1 aromatic heterocycles. The summed E-state index contributed by atoms with van der Waals surface area (Å²) < 4.78 is 12.6. The van der Waals surface area contributed by atoms with Crippen LogP contribution in [-0.4, -0.2) is 27.2 Å². The maximum Gasteiger partial charge on any atom is 0.213 e. The Bertz CT molecular complexity index is 285. The molecule has 0 radical (unpaired) electrons. The van der Waals surface area contributed by atoms with Gasteiger partial charge in [0, 0.05) is 0 Å². The van der Waals surface area contributed by atoms with Gasteiger partial charge in [-0.05, 0) is 12.1 Å². The zero-order valence-electron chi connectivity index (χ0n) is 6.69. The number of nitrogens with zero attached hydrogens (tertiary/aromatic N) is 1. The molecule has 1 rings (SSSR count). The average molecular weight is 206 g/mol. The van der Waals surface area contributed by atoms with Crippen molar-refractivity contribution >= 4 is 11.6 Å². The van der Waals surface area contributed by atoms with Crippen molar-refractivity contribution in [3.8, 4) is 0 Å². The van der Waals surface area contributed by atoms with Crippen molar-refractivity contribution in [3.05, 3.63) is 29.8 Å². The molecule has 2 N–H and O–H groups in total. The van der Waals surface area contributed by atoms with Crippen LogP contribution in [0, 0.1) is 5.95 Å².